The van der Waals surface area contributed by atoms with E-state index in [-0.39, 0.29) is 17.2 Å². The van der Waals surface area contributed by atoms with Crippen molar-refractivity contribution in [3.8, 4) is 6.07 Å². The van der Waals surface area contributed by atoms with E-state index in [1.54, 1.807) is 18.0 Å². The number of thiazole rings is 1. The second kappa shape index (κ2) is 7.61. The van der Waals surface area contributed by atoms with Crippen LogP contribution in [0.5, 0.6) is 0 Å². The Hall–Kier alpha value is -2.53. The standard InChI is InChI=1S/C19H19F3N4S/c1-12-25-18(24-2)17(27-12)10-13-5-7-26(8-6-13)16-4-3-14(11-23)9-15(16)19(20,21)22/h3-4,9-10,13H,1,5-8H2,2H3,(H,24,25)/b17-10-. The average molecular weight is 392 g/mol. The van der Waals surface area contributed by atoms with Gasteiger partial charge in [0.1, 0.15) is 10.5 Å². The highest BCUT2D eigenvalue weighted by atomic mass is 32.1. The molecule has 0 unspecified atom stereocenters. The number of nitrogens with one attached hydrogen (secondary N) is 1. The lowest BCUT2D eigenvalue weighted by Crippen LogP contribution is -2.34. The second-order valence-electron chi connectivity index (χ2n) is 6.40. The van der Waals surface area contributed by atoms with Crippen molar-refractivity contribution in [2.45, 2.75) is 19.0 Å². The third-order valence-corrected chi connectivity index (χ3v) is 5.51. The van der Waals surface area contributed by atoms with Gasteiger partial charge < -0.3 is 10.2 Å². The van der Waals surface area contributed by atoms with E-state index in [1.165, 1.54) is 23.5 Å². The fourth-order valence-electron chi connectivity index (χ4n) is 3.30. The van der Waals surface area contributed by atoms with E-state index in [1.807, 2.05) is 0 Å². The molecule has 0 spiro atoms. The number of rotatable bonds is 3. The number of benzene rings is 1. The molecule has 3 rings (SSSR count). The molecular weight excluding hydrogens is 373 g/mol. The van der Waals surface area contributed by atoms with Crippen LogP contribution < -0.4 is 19.4 Å². The average Bonchev–Trinajstić information content (AvgIpc) is 3.00. The monoisotopic (exact) mass is 392 g/mol. The first-order chi connectivity index (χ1) is 12.8. The molecule has 1 N–H and O–H groups in total. The van der Waals surface area contributed by atoms with Crippen molar-refractivity contribution in [3.63, 3.8) is 0 Å². The normalized spacial score (nSPS) is 16.4. The molecule has 1 saturated heterocycles. The molecule has 1 aromatic carbocycles. The van der Waals surface area contributed by atoms with Crippen LogP contribution >= 0.6 is 11.3 Å². The number of nitrogens with zero attached hydrogens (tertiary/aromatic N) is 3. The molecule has 4 nitrogen and oxygen atoms in total. The predicted molar refractivity (Wildman–Crippen MR) is 102 cm³/mol. The van der Waals surface area contributed by atoms with Crippen molar-refractivity contribution in [2.24, 2.45) is 5.92 Å². The summed E-state index contributed by atoms with van der Waals surface area (Å²) in [5.74, 6) is 1.07. The number of anilines is 2. The molecule has 0 radical (unpaired) electrons. The molecule has 0 atom stereocenters. The zero-order valence-electron chi connectivity index (χ0n) is 14.8. The highest BCUT2D eigenvalue weighted by molar-refractivity contribution is 7.07. The summed E-state index contributed by atoms with van der Waals surface area (Å²) in [6.07, 6.45) is -0.839. The minimum absolute atomic E-state index is 0.0167. The van der Waals surface area contributed by atoms with Crippen molar-refractivity contribution in [3.05, 3.63) is 38.5 Å². The van der Waals surface area contributed by atoms with E-state index in [2.05, 4.69) is 23.0 Å². The first-order valence-corrected chi connectivity index (χ1v) is 9.35. The summed E-state index contributed by atoms with van der Waals surface area (Å²) in [5, 5.41) is 11.9. The smallest absolute Gasteiger partial charge is 0.372 e. The summed E-state index contributed by atoms with van der Waals surface area (Å²) >= 11 is 1.51. The maximum absolute atomic E-state index is 13.4. The molecule has 1 fully saturated rings. The Balaban J connectivity index is 1.80. The van der Waals surface area contributed by atoms with Gasteiger partial charge >= 0.3 is 6.18 Å². The lowest BCUT2D eigenvalue weighted by Gasteiger charge is -2.34. The van der Waals surface area contributed by atoms with Gasteiger partial charge in [-0.15, -0.1) is 11.3 Å². The maximum atomic E-state index is 13.4. The minimum Gasteiger partial charge on any atom is -0.372 e. The number of alkyl halides is 3. The molecule has 0 saturated carbocycles. The summed E-state index contributed by atoms with van der Waals surface area (Å²) in [7, 11) is 1.80. The lowest BCUT2D eigenvalue weighted by atomic mass is 9.95. The van der Waals surface area contributed by atoms with Crippen molar-refractivity contribution < 1.29 is 13.2 Å². The Labute approximate surface area is 159 Å². The van der Waals surface area contributed by atoms with E-state index in [9.17, 15) is 13.2 Å². The Bertz CT molecular complexity index is 966. The summed E-state index contributed by atoms with van der Waals surface area (Å²) in [4.78, 5) is 6.07. The minimum atomic E-state index is -4.49. The number of aromatic nitrogens is 1. The molecule has 1 aromatic heterocycles. The fourth-order valence-corrected chi connectivity index (χ4v) is 4.20. The molecule has 1 aliphatic heterocycles. The summed E-state index contributed by atoms with van der Waals surface area (Å²) in [5.41, 5.74) is -0.581. The van der Waals surface area contributed by atoms with Crippen LogP contribution in [0.4, 0.5) is 24.7 Å². The van der Waals surface area contributed by atoms with Gasteiger partial charge in [-0.1, -0.05) is 12.7 Å². The van der Waals surface area contributed by atoms with Gasteiger partial charge in [-0.25, -0.2) is 4.98 Å². The fraction of sp³-hybridized carbons (Fsp3) is 0.368. The number of piperidine rings is 1. The quantitative estimate of drug-likeness (QED) is 0.872. The van der Waals surface area contributed by atoms with Crippen molar-refractivity contribution in [1.29, 1.82) is 5.26 Å². The second-order valence-corrected chi connectivity index (χ2v) is 7.52. The van der Waals surface area contributed by atoms with Gasteiger partial charge in [0.2, 0.25) is 0 Å². The van der Waals surface area contributed by atoms with E-state index in [0.717, 1.165) is 33.9 Å². The van der Waals surface area contributed by atoms with Crippen LogP contribution in [0, 0.1) is 17.2 Å². The predicted octanol–water partition coefficient (Wildman–Crippen LogP) is 3.18. The van der Waals surface area contributed by atoms with Crippen LogP contribution in [0.25, 0.3) is 12.7 Å². The first kappa shape index (κ1) is 19.2. The molecule has 1 aliphatic rings. The number of hydrogen-bond donors (Lipinski definition) is 1. The van der Waals surface area contributed by atoms with Crippen LogP contribution in [-0.4, -0.2) is 25.1 Å². The third-order valence-electron chi connectivity index (χ3n) is 4.63. The Morgan fingerprint density at radius 2 is 2.07 bits per heavy atom. The zero-order valence-corrected chi connectivity index (χ0v) is 15.6. The topological polar surface area (TPSA) is 52.0 Å². The van der Waals surface area contributed by atoms with E-state index in [0.29, 0.717) is 13.1 Å². The summed E-state index contributed by atoms with van der Waals surface area (Å²) < 4.78 is 42.0. The molecule has 8 heteroatoms. The molecule has 2 heterocycles. The molecule has 0 bridgehead atoms. The highest BCUT2D eigenvalue weighted by Gasteiger charge is 2.36. The van der Waals surface area contributed by atoms with Gasteiger partial charge in [0.05, 0.1) is 21.7 Å². The highest BCUT2D eigenvalue weighted by Crippen LogP contribution is 2.38. The molecule has 0 amide bonds. The molecule has 27 heavy (non-hydrogen) atoms. The van der Waals surface area contributed by atoms with Gasteiger partial charge in [0.15, 0.2) is 0 Å². The molecule has 0 aliphatic carbocycles. The molecule has 142 valence electrons. The SMILES string of the molecule is C=c1nc(NC)/c(=C/C2CCN(c3ccc(C#N)cc3C(F)(F)F)CC2)s1. The van der Waals surface area contributed by atoms with Gasteiger partial charge in [0.25, 0.3) is 0 Å². The molecule has 2 aromatic rings. The van der Waals surface area contributed by atoms with Crippen molar-refractivity contribution >= 4 is 35.5 Å². The summed E-state index contributed by atoms with van der Waals surface area (Å²) in [6.45, 7) is 4.91. The van der Waals surface area contributed by atoms with Gasteiger partial charge in [0, 0.05) is 25.8 Å². The van der Waals surface area contributed by atoms with Gasteiger partial charge in [-0.2, -0.15) is 18.4 Å². The number of hydrogen-bond acceptors (Lipinski definition) is 5. The Kier molecular flexibility index (Phi) is 5.42. The first-order valence-electron chi connectivity index (χ1n) is 8.53. The third kappa shape index (κ3) is 4.25. The zero-order chi connectivity index (χ0) is 19.6. The van der Waals surface area contributed by atoms with Crippen molar-refractivity contribution in [1.82, 2.24) is 4.98 Å². The Morgan fingerprint density at radius 1 is 1.37 bits per heavy atom. The summed E-state index contributed by atoms with van der Waals surface area (Å²) in [6, 6.07) is 5.55. The Morgan fingerprint density at radius 3 is 2.67 bits per heavy atom. The molecular formula is C19H19F3N4S. The van der Waals surface area contributed by atoms with Crippen LogP contribution in [-0.2, 0) is 6.18 Å². The number of halogens is 3. The van der Waals surface area contributed by atoms with E-state index < -0.39 is 11.7 Å². The van der Waals surface area contributed by atoms with E-state index >= 15 is 0 Å². The van der Waals surface area contributed by atoms with Crippen LogP contribution in [0.2, 0.25) is 0 Å². The lowest BCUT2D eigenvalue weighted by molar-refractivity contribution is -0.137. The largest absolute Gasteiger partial charge is 0.418 e. The van der Waals surface area contributed by atoms with Crippen molar-refractivity contribution in [2.75, 3.05) is 30.4 Å². The van der Waals surface area contributed by atoms with Gasteiger partial charge in [-0.05, 0) is 37.0 Å². The van der Waals surface area contributed by atoms with Gasteiger partial charge in [-0.3, -0.25) is 0 Å². The van der Waals surface area contributed by atoms with Crippen LogP contribution in [0.3, 0.4) is 0 Å². The number of nitriles is 1. The van der Waals surface area contributed by atoms with Crippen LogP contribution in [0.1, 0.15) is 24.0 Å². The van der Waals surface area contributed by atoms with Crippen LogP contribution in [0.15, 0.2) is 18.2 Å². The van der Waals surface area contributed by atoms with E-state index in [4.69, 9.17) is 5.26 Å². The maximum Gasteiger partial charge on any atom is 0.418 e.